The second-order valence-corrected chi connectivity index (χ2v) is 7.73. The lowest BCUT2D eigenvalue weighted by molar-refractivity contribution is 0.185. The van der Waals surface area contributed by atoms with Gasteiger partial charge in [0.2, 0.25) is 0 Å². The number of hydrogen-bond donors (Lipinski definition) is 0. The van der Waals surface area contributed by atoms with Crippen molar-refractivity contribution in [3.05, 3.63) is 29.8 Å². The van der Waals surface area contributed by atoms with Gasteiger partial charge in [0.05, 0.1) is 7.11 Å². The summed E-state index contributed by atoms with van der Waals surface area (Å²) in [5.41, 5.74) is 1.42. The summed E-state index contributed by atoms with van der Waals surface area (Å²) in [6.07, 6.45) is 16.9. The Kier molecular flexibility index (Phi) is 10.0. The van der Waals surface area contributed by atoms with E-state index in [0.717, 1.165) is 18.3 Å². The fourth-order valence-electron chi connectivity index (χ4n) is 4.07. The van der Waals surface area contributed by atoms with Crippen molar-refractivity contribution in [2.75, 3.05) is 13.7 Å². The number of rotatable bonds is 13. The molecule has 2 rings (SSSR count). The summed E-state index contributed by atoms with van der Waals surface area (Å²) >= 11 is 0. The summed E-state index contributed by atoms with van der Waals surface area (Å²) in [6.45, 7) is 4.66. The van der Waals surface area contributed by atoms with Crippen LogP contribution < -0.4 is 4.74 Å². The molecular formula is C23H39NO. The van der Waals surface area contributed by atoms with Gasteiger partial charge in [-0.05, 0) is 43.5 Å². The largest absolute Gasteiger partial charge is 0.497 e. The third kappa shape index (κ3) is 7.81. The van der Waals surface area contributed by atoms with E-state index in [2.05, 4.69) is 36.1 Å². The van der Waals surface area contributed by atoms with Crippen LogP contribution in [0.1, 0.15) is 89.5 Å². The Bertz CT molecular complexity index is 436. The van der Waals surface area contributed by atoms with Gasteiger partial charge in [-0.25, -0.2) is 0 Å². The lowest BCUT2D eigenvalue weighted by Crippen LogP contribution is -2.33. The maximum atomic E-state index is 5.29. The Balaban J connectivity index is 1.72. The fraction of sp³-hybridized carbons (Fsp3) is 0.739. The van der Waals surface area contributed by atoms with Gasteiger partial charge < -0.3 is 4.74 Å². The van der Waals surface area contributed by atoms with E-state index in [1.807, 2.05) is 0 Å². The molecule has 25 heavy (non-hydrogen) atoms. The van der Waals surface area contributed by atoms with Crippen LogP contribution in [0.5, 0.6) is 5.75 Å². The van der Waals surface area contributed by atoms with Gasteiger partial charge in [0.25, 0.3) is 0 Å². The molecule has 0 aliphatic heterocycles. The average molecular weight is 346 g/mol. The minimum absolute atomic E-state index is 0.812. The summed E-state index contributed by atoms with van der Waals surface area (Å²) in [5.74, 6) is 0.958. The molecule has 1 aliphatic carbocycles. The molecule has 2 nitrogen and oxygen atoms in total. The number of hydrogen-bond acceptors (Lipinski definition) is 2. The lowest BCUT2D eigenvalue weighted by atomic mass is 10.1. The van der Waals surface area contributed by atoms with Gasteiger partial charge in [0.1, 0.15) is 5.75 Å². The van der Waals surface area contributed by atoms with Crippen LogP contribution >= 0.6 is 0 Å². The molecule has 0 unspecified atom stereocenters. The molecule has 0 saturated heterocycles. The first-order chi connectivity index (χ1) is 12.3. The van der Waals surface area contributed by atoms with E-state index < -0.39 is 0 Å². The van der Waals surface area contributed by atoms with E-state index in [0.29, 0.717) is 0 Å². The Hall–Kier alpha value is -1.02. The Morgan fingerprint density at radius 1 is 0.880 bits per heavy atom. The number of benzene rings is 1. The van der Waals surface area contributed by atoms with Gasteiger partial charge in [-0.3, -0.25) is 4.90 Å². The number of ether oxygens (including phenoxy) is 1. The van der Waals surface area contributed by atoms with Crippen molar-refractivity contribution in [1.29, 1.82) is 0 Å². The van der Waals surface area contributed by atoms with Crippen LogP contribution in [0, 0.1) is 0 Å². The molecule has 0 spiro atoms. The van der Waals surface area contributed by atoms with Crippen molar-refractivity contribution in [1.82, 2.24) is 4.90 Å². The predicted octanol–water partition coefficient (Wildman–Crippen LogP) is 6.58. The quantitative estimate of drug-likeness (QED) is 0.374. The minimum atomic E-state index is 0.812. The Labute approximate surface area is 156 Å². The second kappa shape index (κ2) is 12.4. The normalized spacial score (nSPS) is 15.2. The molecule has 2 heteroatoms. The first kappa shape index (κ1) is 20.3. The molecule has 1 aromatic rings. The second-order valence-electron chi connectivity index (χ2n) is 7.73. The zero-order valence-corrected chi connectivity index (χ0v) is 16.6. The lowest BCUT2D eigenvalue weighted by Gasteiger charge is -2.29. The molecule has 1 fully saturated rings. The zero-order valence-electron chi connectivity index (χ0n) is 16.6. The molecule has 0 aromatic heterocycles. The third-order valence-corrected chi connectivity index (χ3v) is 5.68. The van der Waals surface area contributed by atoms with Crippen molar-refractivity contribution >= 4 is 0 Å². The molecule has 0 heterocycles. The molecule has 142 valence electrons. The Morgan fingerprint density at radius 3 is 2.08 bits per heavy atom. The predicted molar refractivity (Wildman–Crippen MR) is 108 cm³/mol. The highest BCUT2D eigenvalue weighted by molar-refractivity contribution is 5.27. The molecule has 0 radical (unpaired) electrons. The monoisotopic (exact) mass is 345 g/mol. The summed E-state index contributed by atoms with van der Waals surface area (Å²) < 4.78 is 5.29. The van der Waals surface area contributed by atoms with Crippen molar-refractivity contribution in [2.45, 2.75) is 96.6 Å². The highest BCUT2D eigenvalue weighted by atomic mass is 16.5. The summed E-state index contributed by atoms with van der Waals surface area (Å²) in [5, 5.41) is 0. The smallest absolute Gasteiger partial charge is 0.118 e. The van der Waals surface area contributed by atoms with E-state index in [1.165, 1.54) is 89.2 Å². The molecular weight excluding hydrogens is 306 g/mol. The van der Waals surface area contributed by atoms with Gasteiger partial charge in [0.15, 0.2) is 0 Å². The number of methoxy groups -OCH3 is 1. The van der Waals surface area contributed by atoms with Crippen molar-refractivity contribution in [3.63, 3.8) is 0 Å². The zero-order chi connectivity index (χ0) is 17.7. The van der Waals surface area contributed by atoms with Gasteiger partial charge in [-0.15, -0.1) is 0 Å². The van der Waals surface area contributed by atoms with Crippen LogP contribution in [0.4, 0.5) is 0 Å². The van der Waals surface area contributed by atoms with E-state index in [9.17, 15) is 0 Å². The van der Waals surface area contributed by atoms with Crippen LogP contribution in [0.25, 0.3) is 0 Å². The molecule has 0 bridgehead atoms. The first-order valence-corrected chi connectivity index (χ1v) is 10.7. The van der Waals surface area contributed by atoms with Gasteiger partial charge in [0, 0.05) is 12.6 Å². The SMILES string of the molecule is CCCCCCCCCCN(Cc1ccc(OC)cc1)C1CCCC1. The van der Waals surface area contributed by atoms with Crippen molar-refractivity contribution < 1.29 is 4.74 Å². The van der Waals surface area contributed by atoms with Crippen LogP contribution in [-0.4, -0.2) is 24.6 Å². The van der Waals surface area contributed by atoms with Crippen LogP contribution in [0.15, 0.2) is 24.3 Å². The fourth-order valence-corrected chi connectivity index (χ4v) is 4.07. The topological polar surface area (TPSA) is 12.5 Å². The van der Waals surface area contributed by atoms with E-state index in [4.69, 9.17) is 4.74 Å². The highest BCUT2D eigenvalue weighted by Gasteiger charge is 2.22. The highest BCUT2D eigenvalue weighted by Crippen LogP contribution is 2.26. The van der Waals surface area contributed by atoms with Gasteiger partial charge in [-0.1, -0.05) is 76.8 Å². The van der Waals surface area contributed by atoms with Gasteiger partial charge >= 0.3 is 0 Å². The standard InChI is InChI=1S/C23H39NO/c1-3-4-5-6-7-8-9-12-19-24(22-13-10-11-14-22)20-21-15-17-23(25-2)18-16-21/h15-18,22H,3-14,19-20H2,1-2H3. The van der Waals surface area contributed by atoms with Crippen LogP contribution in [-0.2, 0) is 6.54 Å². The molecule has 1 aliphatic rings. The summed E-state index contributed by atoms with van der Waals surface area (Å²) in [4.78, 5) is 2.76. The molecule has 1 saturated carbocycles. The number of unbranched alkanes of at least 4 members (excludes halogenated alkanes) is 7. The van der Waals surface area contributed by atoms with E-state index in [1.54, 1.807) is 7.11 Å². The van der Waals surface area contributed by atoms with Gasteiger partial charge in [-0.2, -0.15) is 0 Å². The molecule has 1 aromatic carbocycles. The number of nitrogens with zero attached hydrogens (tertiary/aromatic N) is 1. The van der Waals surface area contributed by atoms with Crippen molar-refractivity contribution in [3.8, 4) is 5.75 Å². The molecule has 0 atom stereocenters. The van der Waals surface area contributed by atoms with E-state index >= 15 is 0 Å². The summed E-state index contributed by atoms with van der Waals surface area (Å²) in [7, 11) is 1.74. The van der Waals surface area contributed by atoms with Crippen molar-refractivity contribution in [2.24, 2.45) is 0 Å². The summed E-state index contributed by atoms with van der Waals surface area (Å²) in [6, 6.07) is 9.46. The van der Waals surface area contributed by atoms with Crippen LogP contribution in [0.3, 0.4) is 0 Å². The maximum Gasteiger partial charge on any atom is 0.118 e. The molecule has 0 N–H and O–H groups in total. The maximum absolute atomic E-state index is 5.29. The third-order valence-electron chi connectivity index (χ3n) is 5.68. The Morgan fingerprint density at radius 2 is 1.48 bits per heavy atom. The first-order valence-electron chi connectivity index (χ1n) is 10.7. The average Bonchev–Trinajstić information content (AvgIpc) is 3.18. The molecule has 0 amide bonds. The minimum Gasteiger partial charge on any atom is -0.497 e. The van der Waals surface area contributed by atoms with Crippen LogP contribution in [0.2, 0.25) is 0 Å². The van der Waals surface area contributed by atoms with E-state index in [-0.39, 0.29) is 0 Å².